The van der Waals surface area contributed by atoms with Crippen LogP contribution in [0.2, 0.25) is 0 Å². The highest BCUT2D eigenvalue weighted by Gasteiger charge is 2.14. The highest BCUT2D eigenvalue weighted by Crippen LogP contribution is 2.19. The van der Waals surface area contributed by atoms with E-state index in [9.17, 15) is 14.4 Å². The normalized spacial score (nSPS) is 10.7. The minimum Gasteiger partial charge on any atom is -0.465 e. The topological polar surface area (TPSA) is 90.3 Å². The van der Waals surface area contributed by atoms with Crippen LogP contribution in [0.4, 0.5) is 0 Å². The zero-order valence-electron chi connectivity index (χ0n) is 15.2. The van der Waals surface area contributed by atoms with E-state index in [0.29, 0.717) is 40.5 Å². The fraction of sp³-hybridized carbons (Fsp3) is 0.444. The molecule has 1 aromatic carbocycles. The van der Waals surface area contributed by atoms with Crippen LogP contribution in [0.3, 0.4) is 0 Å². The maximum atomic E-state index is 12.9. The lowest BCUT2D eigenvalue weighted by molar-refractivity contribution is -0.118. The third-order valence-electron chi connectivity index (χ3n) is 3.78. The summed E-state index contributed by atoms with van der Waals surface area (Å²) in [5.74, 6) is 0.0345. The molecule has 1 heterocycles. The second kappa shape index (κ2) is 9.38. The molecule has 0 unspecified atom stereocenters. The van der Waals surface area contributed by atoms with Gasteiger partial charge in [0.1, 0.15) is 0 Å². The van der Waals surface area contributed by atoms with Crippen molar-refractivity contribution in [2.75, 3.05) is 19.4 Å². The van der Waals surface area contributed by atoms with Crippen molar-refractivity contribution in [1.29, 1.82) is 0 Å². The first kappa shape index (κ1) is 20.0. The van der Waals surface area contributed by atoms with Gasteiger partial charge in [-0.2, -0.15) is 0 Å². The number of ether oxygens (including phenoxy) is 1. The van der Waals surface area contributed by atoms with Crippen molar-refractivity contribution in [2.45, 2.75) is 38.4 Å². The molecule has 8 heteroatoms. The van der Waals surface area contributed by atoms with Crippen LogP contribution in [-0.2, 0) is 16.1 Å². The summed E-state index contributed by atoms with van der Waals surface area (Å²) in [4.78, 5) is 40.2. The van der Waals surface area contributed by atoms with E-state index in [2.05, 4.69) is 17.2 Å². The summed E-state index contributed by atoms with van der Waals surface area (Å²) in [7, 11) is 1.31. The molecule has 0 spiro atoms. The quantitative estimate of drug-likeness (QED) is 0.328. The molecule has 0 fully saturated rings. The number of carbonyl (C=O) groups is 2. The molecule has 0 radical (unpaired) electrons. The van der Waals surface area contributed by atoms with Crippen LogP contribution in [0.25, 0.3) is 10.9 Å². The number of nitrogens with one attached hydrogen (secondary N) is 1. The Morgan fingerprint density at radius 3 is 2.77 bits per heavy atom. The van der Waals surface area contributed by atoms with Gasteiger partial charge in [0.25, 0.3) is 5.56 Å². The Hall–Kier alpha value is -2.35. The summed E-state index contributed by atoms with van der Waals surface area (Å²) < 4.78 is 6.40. The van der Waals surface area contributed by atoms with Gasteiger partial charge in [0.05, 0.1) is 23.6 Å². The standard InChI is InChI=1S/C18H23N3O4S/c1-4-5-9-21-16(23)14-7-6-13(17(24)25-3)11-15(14)20-18(21)26-10-8-19-12(2)22/h6-7,11H,4-5,8-10H2,1-3H3,(H,19,22). The van der Waals surface area contributed by atoms with Gasteiger partial charge in [-0.3, -0.25) is 14.2 Å². The molecular formula is C18H23N3O4S. The largest absolute Gasteiger partial charge is 0.465 e. The van der Waals surface area contributed by atoms with Crippen molar-refractivity contribution in [1.82, 2.24) is 14.9 Å². The van der Waals surface area contributed by atoms with Crippen LogP contribution in [0.15, 0.2) is 28.2 Å². The van der Waals surface area contributed by atoms with Crippen LogP contribution >= 0.6 is 11.8 Å². The molecule has 1 N–H and O–H groups in total. The average molecular weight is 377 g/mol. The van der Waals surface area contributed by atoms with E-state index in [1.54, 1.807) is 22.8 Å². The van der Waals surface area contributed by atoms with Gasteiger partial charge in [-0.1, -0.05) is 25.1 Å². The number of nitrogens with zero attached hydrogens (tertiary/aromatic N) is 2. The van der Waals surface area contributed by atoms with Crippen molar-refractivity contribution in [3.8, 4) is 0 Å². The van der Waals surface area contributed by atoms with Gasteiger partial charge < -0.3 is 10.1 Å². The Kier molecular flexibility index (Phi) is 7.20. The van der Waals surface area contributed by atoms with Gasteiger partial charge in [-0.05, 0) is 24.6 Å². The number of unbranched alkanes of at least 4 members (excludes halogenated alkanes) is 1. The minimum absolute atomic E-state index is 0.0943. The predicted molar refractivity (Wildman–Crippen MR) is 102 cm³/mol. The van der Waals surface area contributed by atoms with E-state index in [1.807, 2.05) is 0 Å². The first-order valence-electron chi connectivity index (χ1n) is 8.48. The van der Waals surface area contributed by atoms with Crippen molar-refractivity contribution >= 4 is 34.5 Å². The molecular weight excluding hydrogens is 354 g/mol. The molecule has 26 heavy (non-hydrogen) atoms. The van der Waals surface area contributed by atoms with Gasteiger partial charge in [0.2, 0.25) is 5.91 Å². The second-order valence-corrected chi connectivity index (χ2v) is 6.82. The lowest BCUT2D eigenvalue weighted by atomic mass is 10.1. The molecule has 0 aliphatic heterocycles. The summed E-state index contributed by atoms with van der Waals surface area (Å²) in [6.07, 6.45) is 1.83. The number of carbonyl (C=O) groups excluding carboxylic acids is 2. The summed E-state index contributed by atoms with van der Waals surface area (Å²) in [6, 6.07) is 4.76. The molecule has 0 aliphatic carbocycles. The number of rotatable bonds is 8. The first-order chi connectivity index (χ1) is 12.5. The van der Waals surface area contributed by atoms with Crippen LogP contribution in [0.1, 0.15) is 37.0 Å². The minimum atomic E-state index is -0.469. The Bertz CT molecular complexity index is 863. The predicted octanol–water partition coefficient (Wildman–Crippen LogP) is 2.21. The first-order valence-corrected chi connectivity index (χ1v) is 9.46. The molecule has 1 amide bonds. The molecule has 0 aliphatic rings. The summed E-state index contributed by atoms with van der Waals surface area (Å²) in [6.45, 7) is 4.60. The van der Waals surface area contributed by atoms with Gasteiger partial charge in [0, 0.05) is 25.8 Å². The zero-order chi connectivity index (χ0) is 19.1. The van der Waals surface area contributed by atoms with E-state index < -0.39 is 5.97 Å². The summed E-state index contributed by atoms with van der Waals surface area (Å²) >= 11 is 1.41. The monoisotopic (exact) mass is 377 g/mol. The van der Waals surface area contributed by atoms with E-state index in [1.165, 1.54) is 25.8 Å². The molecule has 1 aromatic heterocycles. The third kappa shape index (κ3) is 4.85. The molecule has 2 rings (SSSR count). The molecule has 0 bridgehead atoms. The summed E-state index contributed by atoms with van der Waals surface area (Å²) in [5, 5.41) is 3.78. The number of esters is 1. The van der Waals surface area contributed by atoms with Crippen molar-refractivity contribution in [3.63, 3.8) is 0 Å². The van der Waals surface area contributed by atoms with Crippen molar-refractivity contribution in [2.24, 2.45) is 0 Å². The maximum Gasteiger partial charge on any atom is 0.337 e. The average Bonchev–Trinajstić information content (AvgIpc) is 2.63. The second-order valence-electron chi connectivity index (χ2n) is 5.76. The molecule has 2 aromatic rings. The Morgan fingerprint density at radius 1 is 1.35 bits per heavy atom. The third-order valence-corrected chi connectivity index (χ3v) is 4.76. The van der Waals surface area contributed by atoms with Crippen LogP contribution < -0.4 is 10.9 Å². The van der Waals surface area contributed by atoms with Crippen molar-refractivity contribution in [3.05, 3.63) is 34.1 Å². The molecule has 140 valence electrons. The van der Waals surface area contributed by atoms with Crippen LogP contribution in [-0.4, -0.2) is 40.8 Å². The molecule has 0 saturated heterocycles. The number of methoxy groups -OCH3 is 1. The number of thioether (sulfide) groups is 1. The fourth-order valence-corrected chi connectivity index (χ4v) is 3.32. The number of aromatic nitrogens is 2. The number of hydrogen-bond acceptors (Lipinski definition) is 6. The zero-order valence-corrected chi connectivity index (χ0v) is 16.0. The molecule has 0 atom stereocenters. The lowest BCUT2D eigenvalue weighted by Gasteiger charge is -2.13. The van der Waals surface area contributed by atoms with Crippen molar-refractivity contribution < 1.29 is 14.3 Å². The summed E-state index contributed by atoms with van der Waals surface area (Å²) in [5.41, 5.74) is 0.696. The smallest absolute Gasteiger partial charge is 0.337 e. The SMILES string of the molecule is CCCCn1c(SCCNC(C)=O)nc2cc(C(=O)OC)ccc2c1=O. The highest BCUT2D eigenvalue weighted by molar-refractivity contribution is 7.99. The van der Waals surface area contributed by atoms with E-state index in [-0.39, 0.29) is 11.5 Å². The number of amides is 1. The fourth-order valence-electron chi connectivity index (χ4n) is 2.44. The Balaban J connectivity index is 2.41. The Morgan fingerprint density at radius 2 is 2.12 bits per heavy atom. The molecule has 0 saturated carbocycles. The number of fused-ring (bicyclic) bond motifs is 1. The van der Waals surface area contributed by atoms with Crippen LogP contribution in [0.5, 0.6) is 0 Å². The lowest BCUT2D eigenvalue weighted by Crippen LogP contribution is -2.25. The number of benzene rings is 1. The van der Waals surface area contributed by atoms with Gasteiger partial charge in [-0.15, -0.1) is 0 Å². The van der Waals surface area contributed by atoms with Gasteiger partial charge in [0.15, 0.2) is 5.16 Å². The van der Waals surface area contributed by atoms with Gasteiger partial charge >= 0.3 is 5.97 Å². The van der Waals surface area contributed by atoms with Gasteiger partial charge in [-0.25, -0.2) is 9.78 Å². The highest BCUT2D eigenvalue weighted by atomic mass is 32.2. The maximum absolute atomic E-state index is 12.9. The molecule has 7 nitrogen and oxygen atoms in total. The van der Waals surface area contributed by atoms with E-state index >= 15 is 0 Å². The van der Waals surface area contributed by atoms with E-state index in [4.69, 9.17) is 4.74 Å². The number of hydrogen-bond donors (Lipinski definition) is 1. The van der Waals surface area contributed by atoms with E-state index in [0.717, 1.165) is 12.8 Å². The Labute approximate surface area is 156 Å². The van der Waals surface area contributed by atoms with Crippen LogP contribution in [0, 0.1) is 0 Å².